The summed E-state index contributed by atoms with van der Waals surface area (Å²) < 4.78 is 1.95. The van der Waals surface area contributed by atoms with Crippen molar-refractivity contribution in [1.82, 2.24) is 20.1 Å². The Labute approximate surface area is 114 Å². The average Bonchev–Trinajstić information content (AvgIpc) is 2.69. The number of hydrogen-bond donors (Lipinski definition) is 1. The van der Waals surface area contributed by atoms with Gasteiger partial charge in [-0.05, 0) is 37.9 Å². The third kappa shape index (κ3) is 3.41. The molecule has 0 aliphatic heterocycles. The Balaban J connectivity index is 2.08. The quantitative estimate of drug-likeness (QED) is 0.894. The Morgan fingerprint density at radius 2 is 1.89 bits per heavy atom. The van der Waals surface area contributed by atoms with Gasteiger partial charge in [0, 0.05) is 6.54 Å². The molecule has 0 fully saturated rings. The topological polar surface area (TPSA) is 42.7 Å². The highest BCUT2D eigenvalue weighted by molar-refractivity contribution is 5.25. The largest absolute Gasteiger partial charge is 0.319 e. The molecule has 1 aromatic heterocycles. The van der Waals surface area contributed by atoms with E-state index in [1.165, 1.54) is 11.1 Å². The zero-order valence-electron chi connectivity index (χ0n) is 12.1. The predicted octanol–water partition coefficient (Wildman–Crippen LogP) is 2.27. The van der Waals surface area contributed by atoms with E-state index in [1.807, 2.05) is 25.6 Å². The molecule has 2 aromatic rings. The maximum Gasteiger partial charge on any atom is 0.147 e. The van der Waals surface area contributed by atoms with Crippen LogP contribution in [0, 0.1) is 13.8 Å². The molecule has 19 heavy (non-hydrogen) atoms. The normalized spacial score (nSPS) is 12.6. The van der Waals surface area contributed by atoms with Crippen LogP contribution in [0.2, 0.25) is 0 Å². The van der Waals surface area contributed by atoms with Gasteiger partial charge in [-0.25, -0.2) is 9.67 Å². The minimum Gasteiger partial charge on any atom is -0.319 e. The van der Waals surface area contributed by atoms with Crippen molar-refractivity contribution in [3.8, 4) is 0 Å². The van der Waals surface area contributed by atoms with E-state index in [2.05, 4.69) is 46.6 Å². The molecule has 0 bridgehead atoms. The minimum absolute atomic E-state index is 0.536. The average molecular weight is 258 g/mol. The first-order valence-electron chi connectivity index (χ1n) is 6.71. The van der Waals surface area contributed by atoms with E-state index < -0.39 is 0 Å². The van der Waals surface area contributed by atoms with Crippen LogP contribution < -0.4 is 5.32 Å². The standard InChI is InChI=1S/C15H22N4/c1-11(9-16-4)15-7-5-14(6-8-15)10-19-13(3)17-12(2)18-19/h5-8,11,16H,9-10H2,1-4H3. The first kappa shape index (κ1) is 13.7. The van der Waals surface area contributed by atoms with Crippen molar-refractivity contribution in [2.75, 3.05) is 13.6 Å². The van der Waals surface area contributed by atoms with Gasteiger partial charge < -0.3 is 5.32 Å². The molecule has 0 amide bonds. The molecule has 4 nitrogen and oxygen atoms in total. The Kier molecular flexibility index (Phi) is 4.32. The second-order valence-corrected chi connectivity index (χ2v) is 5.06. The molecular formula is C15H22N4. The number of aryl methyl sites for hydroxylation is 2. The van der Waals surface area contributed by atoms with Gasteiger partial charge in [0.05, 0.1) is 6.54 Å². The summed E-state index contributed by atoms with van der Waals surface area (Å²) in [5.41, 5.74) is 2.62. The van der Waals surface area contributed by atoms with Crippen molar-refractivity contribution < 1.29 is 0 Å². The van der Waals surface area contributed by atoms with Gasteiger partial charge in [-0.3, -0.25) is 0 Å². The first-order valence-corrected chi connectivity index (χ1v) is 6.71. The van der Waals surface area contributed by atoms with Crippen LogP contribution in [-0.2, 0) is 6.54 Å². The molecule has 0 aliphatic carbocycles. The smallest absolute Gasteiger partial charge is 0.147 e. The van der Waals surface area contributed by atoms with Gasteiger partial charge in [-0.15, -0.1) is 0 Å². The zero-order chi connectivity index (χ0) is 13.8. The number of hydrogen-bond acceptors (Lipinski definition) is 3. The van der Waals surface area contributed by atoms with E-state index in [4.69, 9.17) is 0 Å². The van der Waals surface area contributed by atoms with Crippen LogP contribution in [-0.4, -0.2) is 28.4 Å². The Hall–Kier alpha value is -1.68. The summed E-state index contributed by atoms with van der Waals surface area (Å²) in [5, 5.41) is 7.60. The molecule has 4 heteroatoms. The SMILES string of the molecule is CNCC(C)c1ccc(Cn2nc(C)nc2C)cc1. The maximum atomic E-state index is 4.39. The molecular weight excluding hydrogens is 236 g/mol. The third-order valence-electron chi connectivity index (χ3n) is 3.35. The summed E-state index contributed by atoms with van der Waals surface area (Å²) in [5.74, 6) is 2.33. The summed E-state index contributed by atoms with van der Waals surface area (Å²) in [7, 11) is 1.99. The first-order chi connectivity index (χ1) is 9.10. The Morgan fingerprint density at radius 3 is 2.42 bits per heavy atom. The highest BCUT2D eigenvalue weighted by Crippen LogP contribution is 2.15. The van der Waals surface area contributed by atoms with Gasteiger partial charge in [-0.1, -0.05) is 31.2 Å². The molecule has 0 saturated carbocycles. The van der Waals surface area contributed by atoms with Crippen LogP contribution in [0.25, 0.3) is 0 Å². The molecule has 1 aromatic carbocycles. The van der Waals surface area contributed by atoms with Crippen LogP contribution in [0.4, 0.5) is 0 Å². The Bertz CT molecular complexity index is 528. The summed E-state index contributed by atoms with van der Waals surface area (Å²) in [6.45, 7) is 7.93. The van der Waals surface area contributed by atoms with Gasteiger partial charge in [0.25, 0.3) is 0 Å². The number of nitrogens with zero attached hydrogens (tertiary/aromatic N) is 3. The van der Waals surface area contributed by atoms with Gasteiger partial charge in [0.1, 0.15) is 11.6 Å². The molecule has 1 unspecified atom stereocenters. The van der Waals surface area contributed by atoms with Crippen molar-refractivity contribution in [2.24, 2.45) is 0 Å². The van der Waals surface area contributed by atoms with Gasteiger partial charge >= 0.3 is 0 Å². The number of rotatable bonds is 5. The van der Waals surface area contributed by atoms with E-state index in [-0.39, 0.29) is 0 Å². The zero-order valence-corrected chi connectivity index (χ0v) is 12.1. The molecule has 1 atom stereocenters. The van der Waals surface area contributed by atoms with E-state index >= 15 is 0 Å². The van der Waals surface area contributed by atoms with Crippen molar-refractivity contribution in [1.29, 1.82) is 0 Å². The third-order valence-corrected chi connectivity index (χ3v) is 3.35. The lowest BCUT2D eigenvalue weighted by Crippen LogP contribution is -2.14. The number of nitrogens with one attached hydrogen (secondary N) is 1. The fourth-order valence-corrected chi connectivity index (χ4v) is 2.26. The van der Waals surface area contributed by atoms with E-state index in [0.717, 1.165) is 24.7 Å². The van der Waals surface area contributed by atoms with Gasteiger partial charge in [0.2, 0.25) is 0 Å². The molecule has 0 radical (unpaired) electrons. The van der Waals surface area contributed by atoms with E-state index in [0.29, 0.717) is 5.92 Å². The second kappa shape index (κ2) is 5.97. The van der Waals surface area contributed by atoms with Crippen LogP contribution in [0.3, 0.4) is 0 Å². The predicted molar refractivity (Wildman–Crippen MR) is 77.4 cm³/mol. The van der Waals surface area contributed by atoms with Crippen LogP contribution in [0.5, 0.6) is 0 Å². The van der Waals surface area contributed by atoms with Crippen LogP contribution in [0.1, 0.15) is 35.6 Å². The second-order valence-electron chi connectivity index (χ2n) is 5.06. The van der Waals surface area contributed by atoms with Crippen molar-refractivity contribution in [3.63, 3.8) is 0 Å². The van der Waals surface area contributed by atoms with Gasteiger partial charge in [0.15, 0.2) is 0 Å². The van der Waals surface area contributed by atoms with E-state index in [9.17, 15) is 0 Å². The van der Waals surface area contributed by atoms with E-state index in [1.54, 1.807) is 0 Å². The molecule has 1 N–H and O–H groups in total. The molecule has 0 saturated heterocycles. The fourth-order valence-electron chi connectivity index (χ4n) is 2.26. The highest BCUT2D eigenvalue weighted by atomic mass is 15.3. The van der Waals surface area contributed by atoms with Crippen molar-refractivity contribution in [2.45, 2.75) is 33.2 Å². The summed E-state index contributed by atoms with van der Waals surface area (Å²) in [4.78, 5) is 4.32. The number of likely N-dealkylation sites (N-methyl/N-ethyl adjacent to an activating group) is 1. The van der Waals surface area contributed by atoms with Crippen LogP contribution in [0.15, 0.2) is 24.3 Å². The summed E-state index contributed by atoms with van der Waals surface area (Å²) in [6.07, 6.45) is 0. The highest BCUT2D eigenvalue weighted by Gasteiger charge is 2.06. The number of benzene rings is 1. The lowest BCUT2D eigenvalue weighted by molar-refractivity contribution is 0.653. The maximum absolute atomic E-state index is 4.39. The van der Waals surface area contributed by atoms with Crippen molar-refractivity contribution >= 4 is 0 Å². The lowest BCUT2D eigenvalue weighted by atomic mass is 10.00. The minimum atomic E-state index is 0.536. The lowest BCUT2D eigenvalue weighted by Gasteiger charge is -2.12. The van der Waals surface area contributed by atoms with Gasteiger partial charge in [-0.2, -0.15) is 5.10 Å². The van der Waals surface area contributed by atoms with Crippen LogP contribution >= 0.6 is 0 Å². The molecule has 2 rings (SSSR count). The Morgan fingerprint density at radius 1 is 1.21 bits per heavy atom. The van der Waals surface area contributed by atoms with Crippen molar-refractivity contribution in [3.05, 3.63) is 47.0 Å². The number of aromatic nitrogens is 3. The summed E-state index contributed by atoms with van der Waals surface area (Å²) >= 11 is 0. The molecule has 1 heterocycles. The summed E-state index contributed by atoms with van der Waals surface area (Å²) in [6, 6.07) is 8.77. The molecule has 0 aliphatic rings. The molecule has 0 spiro atoms. The monoisotopic (exact) mass is 258 g/mol. The fraction of sp³-hybridized carbons (Fsp3) is 0.467. The molecule has 102 valence electrons.